The Labute approximate surface area is 104 Å². The van der Waals surface area contributed by atoms with Crippen molar-refractivity contribution in [3.05, 3.63) is 0 Å². The van der Waals surface area contributed by atoms with Crippen molar-refractivity contribution in [2.75, 3.05) is 0 Å². The molecule has 1 saturated carbocycles. The first-order valence-corrected chi connectivity index (χ1v) is 16.7. The third-order valence-electron chi connectivity index (χ3n) is 3.79. The molecule has 3 heteroatoms. The van der Waals surface area contributed by atoms with Gasteiger partial charge in [-0.2, -0.15) is 0 Å². The molecule has 0 heterocycles. The van der Waals surface area contributed by atoms with Crippen LogP contribution in [0.15, 0.2) is 0 Å². The summed E-state index contributed by atoms with van der Waals surface area (Å²) in [6.07, 6.45) is 4.60. The van der Waals surface area contributed by atoms with Crippen LogP contribution in [-0.2, 0) is 4.79 Å². The van der Waals surface area contributed by atoms with Crippen LogP contribution in [0.5, 0.6) is 0 Å². The van der Waals surface area contributed by atoms with Gasteiger partial charge >= 0.3 is 104 Å². The Balaban J connectivity index is 2.86. The number of Topliss-reactive ketones (excluding diaryl/α,β-unsaturated/α-hetero) is 1. The molecule has 3 atom stereocenters. The monoisotopic (exact) mass is 334 g/mol. The van der Waals surface area contributed by atoms with Gasteiger partial charge in [0.2, 0.25) is 0 Å². The van der Waals surface area contributed by atoms with Crippen LogP contribution in [0.3, 0.4) is 0 Å². The Morgan fingerprint density at radius 2 is 2.00 bits per heavy atom. The van der Waals surface area contributed by atoms with Crippen molar-refractivity contribution in [1.29, 1.82) is 0 Å². The molecule has 2 nitrogen and oxygen atoms in total. The van der Waals surface area contributed by atoms with Crippen LogP contribution in [0, 0.1) is 5.92 Å². The molecule has 1 rings (SSSR count). The standard InChI is InChI=1S/C10H17O2.3CH3.Sn/c1-8(11)7-9-5-3-2-4-6-10(9)12;;;;/h5,8-9,11H,2-4,6-7H2,1H3;3*1H3;. The molecule has 1 aliphatic rings. The Hall–Kier alpha value is 0.429. The SMILES string of the molecule is CC(O)CC1C(=O)CCCC[CH]1[Sn]([CH3])([CH3])[CH3]. The van der Waals surface area contributed by atoms with Crippen molar-refractivity contribution >= 4 is 24.2 Å². The molecule has 0 aromatic rings. The summed E-state index contributed by atoms with van der Waals surface area (Å²) in [6, 6.07) is 0. The number of hydrogen-bond donors (Lipinski definition) is 1. The maximum atomic E-state index is 12.1. The number of aliphatic hydroxyl groups excluding tert-OH is 1. The molecule has 1 fully saturated rings. The summed E-state index contributed by atoms with van der Waals surface area (Å²) in [5, 5.41) is 9.57. The zero-order chi connectivity index (χ0) is 12.3. The van der Waals surface area contributed by atoms with Crippen molar-refractivity contribution in [2.45, 2.75) is 63.9 Å². The zero-order valence-corrected chi connectivity index (χ0v) is 14.0. The van der Waals surface area contributed by atoms with Crippen LogP contribution in [0.2, 0.25) is 18.8 Å². The second-order valence-electron chi connectivity index (χ2n) is 6.38. The Morgan fingerprint density at radius 3 is 2.50 bits per heavy atom. The van der Waals surface area contributed by atoms with E-state index in [1.807, 2.05) is 6.92 Å². The van der Waals surface area contributed by atoms with Crippen LogP contribution in [-0.4, -0.2) is 35.4 Å². The Bertz CT molecular complexity index is 243. The Kier molecular flexibility index (Phi) is 5.30. The molecule has 0 bridgehead atoms. The van der Waals surface area contributed by atoms with Crippen LogP contribution in [0.1, 0.15) is 39.0 Å². The van der Waals surface area contributed by atoms with Crippen LogP contribution < -0.4 is 0 Å². The first-order chi connectivity index (χ1) is 7.32. The predicted octanol–water partition coefficient (Wildman–Crippen LogP) is 3.23. The molecule has 0 aliphatic heterocycles. The van der Waals surface area contributed by atoms with Crippen molar-refractivity contribution < 1.29 is 9.90 Å². The summed E-state index contributed by atoms with van der Waals surface area (Å²) in [7, 11) is 0. The topological polar surface area (TPSA) is 37.3 Å². The van der Waals surface area contributed by atoms with Crippen molar-refractivity contribution in [1.82, 2.24) is 0 Å². The second kappa shape index (κ2) is 5.85. The van der Waals surface area contributed by atoms with Gasteiger partial charge in [-0.15, -0.1) is 0 Å². The van der Waals surface area contributed by atoms with E-state index < -0.39 is 18.4 Å². The molecule has 16 heavy (non-hydrogen) atoms. The van der Waals surface area contributed by atoms with Crippen molar-refractivity contribution in [3.8, 4) is 0 Å². The number of hydrogen-bond acceptors (Lipinski definition) is 2. The minimum atomic E-state index is -2.04. The quantitative estimate of drug-likeness (QED) is 0.636. The fourth-order valence-electron chi connectivity index (χ4n) is 2.97. The first-order valence-electron chi connectivity index (χ1n) is 6.53. The second-order valence-corrected chi connectivity index (χ2v) is 22.0. The molecule has 3 unspecified atom stereocenters. The van der Waals surface area contributed by atoms with Gasteiger partial charge in [-0.1, -0.05) is 0 Å². The van der Waals surface area contributed by atoms with E-state index in [2.05, 4.69) is 14.8 Å². The molecule has 94 valence electrons. The molecule has 0 saturated heterocycles. The van der Waals surface area contributed by atoms with Gasteiger partial charge in [-0.3, -0.25) is 0 Å². The fourth-order valence-corrected chi connectivity index (χ4v) is 10.4. The van der Waals surface area contributed by atoms with Gasteiger partial charge in [0.15, 0.2) is 0 Å². The van der Waals surface area contributed by atoms with Gasteiger partial charge in [-0.25, -0.2) is 0 Å². The van der Waals surface area contributed by atoms with Crippen LogP contribution >= 0.6 is 0 Å². The van der Waals surface area contributed by atoms with E-state index in [0.717, 1.165) is 12.8 Å². The molecule has 0 aromatic heterocycles. The van der Waals surface area contributed by atoms with Gasteiger partial charge in [0.25, 0.3) is 0 Å². The predicted molar refractivity (Wildman–Crippen MR) is 70.4 cm³/mol. The molecule has 0 aromatic carbocycles. The average molecular weight is 333 g/mol. The number of aliphatic hydroxyl groups is 1. The number of rotatable bonds is 3. The minimum absolute atomic E-state index is 0.165. The van der Waals surface area contributed by atoms with Crippen molar-refractivity contribution in [2.24, 2.45) is 5.92 Å². The Morgan fingerprint density at radius 1 is 1.38 bits per heavy atom. The number of carbonyl (C=O) groups is 1. The van der Waals surface area contributed by atoms with E-state index in [9.17, 15) is 9.90 Å². The van der Waals surface area contributed by atoms with Crippen LogP contribution in [0.4, 0.5) is 0 Å². The van der Waals surface area contributed by atoms with Gasteiger partial charge in [0.1, 0.15) is 0 Å². The first kappa shape index (κ1) is 14.5. The van der Waals surface area contributed by atoms with E-state index in [1.165, 1.54) is 12.8 Å². The summed E-state index contributed by atoms with van der Waals surface area (Å²) in [4.78, 5) is 19.4. The van der Waals surface area contributed by atoms with E-state index in [1.54, 1.807) is 0 Å². The fraction of sp³-hybridized carbons (Fsp3) is 0.923. The van der Waals surface area contributed by atoms with Gasteiger partial charge in [0.05, 0.1) is 0 Å². The summed E-state index contributed by atoms with van der Waals surface area (Å²) >= 11 is -2.04. The molecule has 0 radical (unpaired) electrons. The summed E-state index contributed by atoms with van der Waals surface area (Å²) in [6.45, 7) is 1.81. The molecular weight excluding hydrogens is 307 g/mol. The number of ketones is 1. The van der Waals surface area contributed by atoms with E-state index in [0.29, 0.717) is 16.1 Å². The van der Waals surface area contributed by atoms with E-state index >= 15 is 0 Å². The molecular formula is C13H26O2Sn. The third-order valence-corrected chi connectivity index (χ3v) is 12.1. The van der Waals surface area contributed by atoms with Gasteiger partial charge < -0.3 is 0 Å². The molecule has 0 spiro atoms. The summed E-state index contributed by atoms with van der Waals surface area (Å²) in [5.74, 6) is 0.591. The van der Waals surface area contributed by atoms with E-state index in [4.69, 9.17) is 0 Å². The molecule has 1 N–H and O–H groups in total. The average Bonchev–Trinajstić information content (AvgIpc) is 2.27. The summed E-state index contributed by atoms with van der Waals surface area (Å²) < 4.78 is 0.638. The van der Waals surface area contributed by atoms with Gasteiger partial charge in [-0.05, 0) is 0 Å². The third kappa shape index (κ3) is 4.02. The molecule has 1 aliphatic carbocycles. The zero-order valence-electron chi connectivity index (χ0n) is 11.1. The normalized spacial score (nSPS) is 29.9. The van der Waals surface area contributed by atoms with Crippen molar-refractivity contribution in [3.63, 3.8) is 0 Å². The summed E-state index contributed by atoms with van der Waals surface area (Å²) in [5.41, 5.74) is 0. The maximum absolute atomic E-state index is 12.1. The molecule has 0 amide bonds. The van der Waals surface area contributed by atoms with Crippen LogP contribution in [0.25, 0.3) is 0 Å². The number of carbonyl (C=O) groups excluding carboxylic acids is 1. The van der Waals surface area contributed by atoms with E-state index in [-0.39, 0.29) is 12.0 Å². The van der Waals surface area contributed by atoms with Gasteiger partial charge in [0, 0.05) is 0 Å².